The Hall–Kier alpha value is -2.55. The fourth-order valence-electron chi connectivity index (χ4n) is 2.16. The summed E-state index contributed by atoms with van der Waals surface area (Å²) in [7, 11) is 0. The van der Waals surface area contributed by atoms with Gasteiger partial charge < -0.3 is 10.5 Å². The van der Waals surface area contributed by atoms with Crippen molar-refractivity contribution in [3.8, 4) is 11.5 Å². The third-order valence-electron chi connectivity index (χ3n) is 3.29. The van der Waals surface area contributed by atoms with E-state index in [2.05, 4.69) is 24.0 Å². The highest BCUT2D eigenvalue weighted by atomic mass is 16.5. The number of pyridine rings is 1. The molecule has 0 aliphatic rings. The first-order chi connectivity index (χ1) is 9.63. The average Bonchev–Trinajstić information content (AvgIpc) is 2.43. The van der Waals surface area contributed by atoms with E-state index in [9.17, 15) is 0 Å². The molecule has 1 aromatic heterocycles. The van der Waals surface area contributed by atoms with Crippen LogP contribution in [-0.4, -0.2) is 4.98 Å². The molecule has 0 atom stereocenters. The molecule has 0 spiro atoms. The topological polar surface area (TPSA) is 48.1 Å². The molecule has 100 valence electrons. The van der Waals surface area contributed by atoms with E-state index in [0.29, 0.717) is 5.69 Å². The molecule has 3 heteroatoms. The number of nitrogen functional groups attached to an aromatic ring is 1. The highest BCUT2D eigenvalue weighted by Gasteiger charge is 2.07. The van der Waals surface area contributed by atoms with Gasteiger partial charge in [0.05, 0.1) is 5.52 Å². The Bertz CT molecular complexity index is 781. The van der Waals surface area contributed by atoms with E-state index < -0.39 is 0 Å². The van der Waals surface area contributed by atoms with Crippen molar-refractivity contribution >= 4 is 16.6 Å². The number of anilines is 1. The van der Waals surface area contributed by atoms with E-state index >= 15 is 0 Å². The van der Waals surface area contributed by atoms with Crippen molar-refractivity contribution in [2.75, 3.05) is 5.73 Å². The molecule has 1 heterocycles. The summed E-state index contributed by atoms with van der Waals surface area (Å²) in [5, 5.41) is 0.961. The summed E-state index contributed by atoms with van der Waals surface area (Å²) in [6.45, 7) is 4.09. The van der Waals surface area contributed by atoms with Gasteiger partial charge in [-0.2, -0.15) is 0 Å². The lowest BCUT2D eigenvalue weighted by Gasteiger charge is -2.11. The summed E-state index contributed by atoms with van der Waals surface area (Å²) in [5.41, 5.74) is 9.61. The van der Waals surface area contributed by atoms with Crippen LogP contribution in [0.2, 0.25) is 0 Å². The highest BCUT2D eigenvalue weighted by Crippen LogP contribution is 2.31. The van der Waals surface area contributed by atoms with Gasteiger partial charge in [0.25, 0.3) is 0 Å². The summed E-state index contributed by atoms with van der Waals surface area (Å²) < 4.78 is 6.06. The van der Waals surface area contributed by atoms with Gasteiger partial charge in [0, 0.05) is 17.3 Å². The van der Waals surface area contributed by atoms with Gasteiger partial charge in [0.1, 0.15) is 11.5 Å². The Morgan fingerprint density at radius 3 is 2.65 bits per heavy atom. The normalized spacial score (nSPS) is 10.7. The molecule has 3 nitrogen and oxygen atoms in total. The first-order valence-corrected chi connectivity index (χ1v) is 6.53. The SMILES string of the molecule is Cc1ccc(C)c(Oc2ccnc3cc(N)ccc23)c1. The van der Waals surface area contributed by atoms with E-state index in [1.165, 1.54) is 5.56 Å². The molecule has 0 saturated heterocycles. The first-order valence-electron chi connectivity index (χ1n) is 6.53. The molecule has 2 N–H and O–H groups in total. The molecule has 2 aromatic carbocycles. The van der Waals surface area contributed by atoms with E-state index in [1.54, 1.807) is 6.20 Å². The van der Waals surface area contributed by atoms with E-state index in [1.807, 2.05) is 37.3 Å². The second-order valence-corrected chi connectivity index (χ2v) is 4.96. The van der Waals surface area contributed by atoms with Crippen LogP contribution in [0.25, 0.3) is 10.9 Å². The largest absolute Gasteiger partial charge is 0.456 e. The Kier molecular flexibility index (Phi) is 3.03. The second kappa shape index (κ2) is 4.85. The maximum Gasteiger partial charge on any atom is 0.138 e. The summed E-state index contributed by atoms with van der Waals surface area (Å²) in [4.78, 5) is 4.32. The number of nitrogens with zero attached hydrogens (tertiary/aromatic N) is 1. The van der Waals surface area contributed by atoms with Gasteiger partial charge in [-0.15, -0.1) is 0 Å². The van der Waals surface area contributed by atoms with Crippen molar-refractivity contribution in [2.45, 2.75) is 13.8 Å². The Balaban J connectivity index is 2.09. The molecule has 0 amide bonds. The van der Waals surface area contributed by atoms with Crippen LogP contribution in [0, 0.1) is 13.8 Å². The van der Waals surface area contributed by atoms with Crippen LogP contribution in [0.4, 0.5) is 5.69 Å². The summed E-state index contributed by atoms with van der Waals surface area (Å²) in [5.74, 6) is 1.66. The van der Waals surface area contributed by atoms with Gasteiger partial charge in [-0.05, 0) is 55.3 Å². The number of aryl methyl sites for hydroxylation is 2. The second-order valence-electron chi connectivity index (χ2n) is 4.96. The molecular weight excluding hydrogens is 248 g/mol. The molecule has 0 aliphatic heterocycles. The van der Waals surface area contributed by atoms with Gasteiger partial charge in [-0.1, -0.05) is 12.1 Å². The number of nitrogens with two attached hydrogens (primary N) is 1. The maximum absolute atomic E-state index is 6.06. The molecule has 3 aromatic rings. The van der Waals surface area contributed by atoms with Crippen LogP contribution in [-0.2, 0) is 0 Å². The first kappa shape index (κ1) is 12.5. The van der Waals surface area contributed by atoms with Gasteiger partial charge >= 0.3 is 0 Å². The van der Waals surface area contributed by atoms with Gasteiger partial charge in [-0.25, -0.2) is 0 Å². The van der Waals surface area contributed by atoms with Gasteiger partial charge in [0.2, 0.25) is 0 Å². The van der Waals surface area contributed by atoms with Gasteiger partial charge in [-0.3, -0.25) is 4.98 Å². The minimum Gasteiger partial charge on any atom is -0.456 e. The van der Waals surface area contributed by atoms with Crippen LogP contribution in [0.15, 0.2) is 48.7 Å². The Morgan fingerprint density at radius 2 is 1.80 bits per heavy atom. The lowest BCUT2D eigenvalue weighted by molar-refractivity contribution is 0.483. The third-order valence-corrected chi connectivity index (χ3v) is 3.29. The molecule has 0 radical (unpaired) electrons. The Labute approximate surface area is 118 Å². The minimum atomic E-state index is 0.703. The lowest BCUT2D eigenvalue weighted by atomic mass is 10.1. The van der Waals surface area contributed by atoms with Crippen molar-refractivity contribution < 1.29 is 4.74 Å². The number of aromatic nitrogens is 1. The zero-order chi connectivity index (χ0) is 14.1. The molecule has 0 bridgehead atoms. The predicted octanol–water partition coefficient (Wildman–Crippen LogP) is 4.23. The zero-order valence-corrected chi connectivity index (χ0v) is 11.6. The number of hydrogen-bond acceptors (Lipinski definition) is 3. The lowest BCUT2D eigenvalue weighted by Crippen LogP contribution is -1.92. The smallest absolute Gasteiger partial charge is 0.138 e. The number of rotatable bonds is 2. The summed E-state index contributed by atoms with van der Waals surface area (Å²) >= 11 is 0. The molecule has 0 aliphatic carbocycles. The van der Waals surface area contributed by atoms with Crippen LogP contribution in [0.3, 0.4) is 0 Å². The molecular formula is C17H16N2O. The quantitative estimate of drug-likeness (QED) is 0.705. The molecule has 3 rings (SSSR count). The number of ether oxygens (including phenoxy) is 1. The third kappa shape index (κ3) is 2.30. The molecule has 20 heavy (non-hydrogen) atoms. The van der Waals surface area contributed by atoms with Crippen LogP contribution in [0.1, 0.15) is 11.1 Å². The van der Waals surface area contributed by atoms with Crippen LogP contribution >= 0.6 is 0 Å². The number of fused-ring (bicyclic) bond motifs is 1. The van der Waals surface area contributed by atoms with Crippen LogP contribution < -0.4 is 10.5 Å². The van der Waals surface area contributed by atoms with Crippen molar-refractivity contribution in [1.82, 2.24) is 4.98 Å². The minimum absolute atomic E-state index is 0.703. The van der Waals surface area contributed by atoms with Crippen molar-refractivity contribution in [2.24, 2.45) is 0 Å². The molecule has 0 saturated carbocycles. The Morgan fingerprint density at radius 1 is 0.950 bits per heavy atom. The zero-order valence-electron chi connectivity index (χ0n) is 11.6. The number of hydrogen-bond donors (Lipinski definition) is 1. The highest BCUT2D eigenvalue weighted by molar-refractivity contribution is 5.87. The van der Waals surface area contributed by atoms with Crippen molar-refractivity contribution in [3.63, 3.8) is 0 Å². The molecule has 0 fully saturated rings. The van der Waals surface area contributed by atoms with Crippen LogP contribution in [0.5, 0.6) is 11.5 Å². The fourth-order valence-corrected chi connectivity index (χ4v) is 2.16. The predicted molar refractivity (Wildman–Crippen MR) is 82.1 cm³/mol. The van der Waals surface area contributed by atoms with E-state index in [4.69, 9.17) is 10.5 Å². The van der Waals surface area contributed by atoms with E-state index in [-0.39, 0.29) is 0 Å². The van der Waals surface area contributed by atoms with E-state index in [0.717, 1.165) is 28.0 Å². The van der Waals surface area contributed by atoms with Crippen molar-refractivity contribution in [1.29, 1.82) is 0 Å². The summed E-state index contributed by atoms with van der Waals surface area (Å²) in [6.07, 6.45) is 1.74. The van der Waals surface area contributed by atoms with Crippen molar-refractivity contribution in [3.05, 3.63) is 59.8 Å². The fraction of sp³-hybridized carbons (Fsp3) is 0.118. The standard InChI is InChI=1S/C17H16N2O/c1-11-3-4-12(2)17(9-11)20-16-7-8-19-15-10-13(18)5-6-14(15)16/h3-10H,18H2,1-2H3. The summed E-state index contributed by atoms with van der Waals surface area (Å²) in [6, 6.07) is 13.7. The monoisotopic (exact) mass is 264 g/mol. The molecule has 0 unspecified atom stereocenters. The number of benzene rings is 2. The van der Waals surface area contributed by atoms with Gasteiger partial charge in [0.15, 0.2) is 0 Å². The maximum atomic E-state index is 6.06. The average molecular weight is 264 g/mol.